The summed E-state index contributed by atoms with van der Waals surface area (Å²) in [7, 11) is 0. The molecule has 0 aliphatic heterocycles. The molecule has 0 radical (unpaired) electrons. The molecule has 3 N–H and O–H groups in total. The first-order chi connectivity index (χ1) is 9.98. The average Bonchev–Trinajstić information content (AvgIpc) is 3.13. The van der Waals surface area contributed by atoms with Gasteiger partial charge in [-0.3, -0.25) is 4.79 Å². The third-order valence-electron chi connectivity index (χ3n) is 5.16. The SMILES string of the molecule is CCN(CCC1CCCC1(NC1CC1)C(N)=O)CC(C)C. The van der Waals surface area contributed by atoms with Crippen LogP contribution in [0.25, 0.3) is 0 Å². The van der Waals surface area contributed by atoms with Gasteiger partial charge in [-0.15, -0.1) is 0 Å². The minimum absolute atomic E-state index is 0.121. The van der Waals surface area contributed by atoms with Crippen LogP contribution in [0.15, 0.2) is 0 Å². The zero-order valence-electron chi connectivity index (χ0n) is 14.0. The van der Waals surface area contributed by atoms with Gasteiger partial charge in [-0.1, -0.05) is 27.2 Å². The smallest absolute Gasteiger partial charge is 0.238 e. The van der Waals surface area contributed by atoms with E-state index in [0.29, 0.717) is 17.9 Å². The van der Waals surface area contributed by atoms with Crippen molar-refractivity contribution in [1.29, 1.82) is 0 Å². The molecule has 0 aromatic rings. The normalized spacial score (nSPS) is 29.5. The molecule has 2 rings (SSSR count). The fourth-order valence-electron chi connectivity index (χ4n) is 3.88. The molecule has 0 aromatic carbocycles. The van der Waals surface area contributed by atoms with Gasteiger partial charge in [0.1, 0.15) is 5.54 Å². The van der Waals surface area contributed by atoms with Crippen molar-refractivity contribution in [3.63, 3.8) is 0 Å². The summed E-state index contributed by atoms with van der Waals surface area (Å²) >= 11 is 0. The van der Waals surface area contributed by atoms with Crippen molar-refractivity contribution in [3.05, 3.63) is 0 Å². The highest BCUT2D eigenvalue weighted by molar-refractivity contribution is 5.85. The third kappa shape index (κ3) is 4.19. The zero-order chi connectivity index (χ0) is 15.5. The van der Waals surface area contributed by atoms with Gasteiger partial charge in [0.05, 0.1) is 0 Å². The molecule has 2 saturated carbocycles. The number of nitrogens with two attached hydrogens (primary N) is 1. The number of hydrogen-bond donors (Lipinski definition) is 2. The van der Waals surface area contributed by atoms with Crippen LogP contribution in [0, 0.1) is 11.8 Å². The Labute approximate surface area is 129 Å². The Morgan fingerprint density at radius 2 is 2.10 bits per heavy atom. The molecule has 2 aliphatic rings. The van der Waals surface area contributed by atoms with E-state index in [1.165, 1.54) is 12.8 Å². The van der Waals surface area contributed by atoms with Gasteiger partial charge >= 0.3 is 0 Å². The van der Waals surface area contributed by atoms with Gasteiger partial charge in [0, 0.05) is 12.6 Å². The Hall–Kier alpha value is -0.610. The van der Waals surface area contributed by atoms with Crippen molar-refractivity contribution in [1.82, 2.24) is 10.2 Å². The minimum Gasteiger partial charge on any atom is -0.368 e. The maximum absolute atomic E-state index is 12.1. The lowest BCUT2D eigenvalue weighted by atomic mass is 9.83. The lowest BCUT2D eigenvalue weighted by Crippen LogP contribution is -2.59. The molecule has 0 bridgehead atoms. The topological polar surface area (TPSA) is 58.4 Å². The standard InChI is InChI=1S/C17H33N3O/c1-4-20(12-13(2)3)11-9-14-6-5-10-17(14,16(18)21)19-15-7-8-15/h13-15,19H,4-12H2,1-3H3,(H2,18,21). The first kappa shape index (κ1) is 16.8. The van der Waals surface area contributed by atoms with Gasteiger partial charge < -0.3 is 16.0 Å². The summed E-state index contributed by atoms with van der Waals surface area (Å²) in [6, 6.07) is 0.538. The van der Waals surface area contributed by atoms with E-state index in [-0.39, 0.29) is 5.91 Å². The molecule has 1 amide bonds. The summed E-state index contributed by atoms with van der Waals surface area (Å²) in [5, 5.41) is 3.61. The number of nitrogens with zero attached hydrogens (tertiary/aromatic N) is 1. The minimum atomic E-state index is -0.418. The number of hydrogen-bond acceptors (Lipinski definition) is 3. The molecular formula is C17H33N3O. The quantitative estimate of drug-likeness (QED) is 0.685. The second-order valence-electron chi connectivity index (χ2n) is 7.42. The lowest BCUT2D eigenvalue weighted by Gasteiger charge is -2.35. The molecule has 4 nitrogen and oxygen atoms in total. The Bertz CT molecular complexity index is 354. The van der Waals surface area contributed by atoms with Gasteiger partial charge in [0.2, 0.25) is 5.91 Å². The lowest BCUT2D eigenvalue weighted by molar-refractivity contribution is -0.126. The molecule has 122 valence electrons. The molecule has 2 unspecified atom stereocenters. The molecular weight excluding hydrogens is 262 g/mol. The summed E-state index contributed by atoms with van der Waals surface area (Å²) in [6.45, 7) is 10.1. The number of primary amides is 1. The van der Waals surface area contributed by atoms with Crippen LogP contribution in [0.4, 0.5) is 0 Å². The third-order valence-corrected chi connectivity index (χ3v) is 5.16. The van der Waals surface area contributed by atoms with Crippen LogP contribution in [0.5, 0.6) is 0 Å². The fourth-order valence-corrected chi connectivity index (χ4v) is 3.88. The second-order valence-corrected chi connectivity index (χ2v) is 7.42. The summed E-state index contributed by atoms with van der Waals surface area (Å²) < 4.78 is 0. The van der Waals surface area contributed by atoms with E-state index in [0.717, 1.165) is 45.3 Å². The van der Waals surface area contributed by atoms with Crippen LogP contribution < -0.4 is 11.1 Å². The van der Waals surface area contributed by atoms with Crippen LogP contribution in [0.2, 0.25) is 0 Å². The first-order valence-electron chi connectivity index (χ1n) is 8.78. The molecule has 0 spiro atoms. The van der Waals surface area contributed by atoms with Crippen molar-refractivity contribution in [2.45, 2.75) is 70.9 Å². The van der Waals surface area contributed by atoms with Gasteiger partial charge in [-0.2, -0.15) is 0 Å². The van der Waals surface area contributed by atoms with E-state index in [1.807, 2.05) is 0 Å². The van der Waals surface area contributed by atoms with Crippen LogP contribution >= 0.6 is 0 Å². The average molecular weight is 295 g/mol. The number of carbonyl (C=O) groups is 1. The van der Waals surface area contributed by atoms with Crippen molar-refractivity contribution in [3.8, 4) is 0 Å². The fraction of sp³-hybridized carbons (Fsp3) is 0.941. The number of carbonyl (C=O) groups excluding carboxylic acids is 1. The summed E-state index contributed by atoms with van der Waals surface area (Å²) in [5.41, 5.74) is 5.39. The monoisotopic (exact) mass is 295 g/mol. The van der Waals surface area contributed by atoms with Gasteiger partial charge in [-0.05, 0) is 57.0 Å². The second kappa shape index (κ2) is 7.10. The first-order valence-corrected chi connectivity index (χ1v) is 8.78. The number of rotatable bonds is 9. The van der Waals surface area contributed by atoms with Crippen molar-refractivity contribution < 1.29 is 4.79 Å². The molecule has 2 fully saturated rings. The van der Waals surface area contributed by atoms with E-state index < -0.39 is 5.54 Å². The Balaban J connectivity index is 1.94. The van der Waals surface area contributed by atoms with E-state index in [4.69, 9.17) is 5.73 Å². The molecule has 21 heavy (non-hydrogen) atoms. The molecule has 2 atom stereocenters. The van der Waals surface area contributed by atoms with Crippen LogP contribution in [0.1, 0.15) is 59.3 Å². The van der Waals surface area contributed by atoms with Crippen LogP contribution in [-0.4, -0.2) is 42.0 Å². The van der Waals surface area contributed by atoms with Crippen molar-refractivity contribution in [2.75, 3.05) is 19.6 Å². The van der Waals surface area contributed by atoms with Gasteiger partial charge in [0.15, 0.2) is 0 Å². The molecule has 0 saturated heterocycles. The number of amides is 1. The van der Waals surface area contributed by atoms with E-state index >= 15 is 0 Å². The highest BCUT2D eigenvalue weighted by atomic mass is 16.1. The van der Waals surface area contributed by atoms with Crippen molar-refractivity contribution >= 4 is 5.91 Å². The molecule has 4 heteroatoms. The van der Waals surface area contributed by atoms with Crippen molar-refractivity contribution in [2.24, 2.45) is 17.6 Å². The van der Waals surface area contributed by atoms with Gasteiger partial charge in [0.25, 0.3) is 0 Å². The summed E-state index contributed by atoms with van der Waals surface area (Å²) in [4.78, 5) is 14.6. The highest BCUT2D eigenvalue weighted by Crippen LogP contribution is 2.40. The van der Waals surface area contributed by atoms with E-state index in [2.05, 4.69) is 31.0 Å². The summed E-state index contributed by atoms with van der Waals surface area (Å²) in [6.07, 6.45) is 6.70. The molecule has 0 heterocycles. The number of nitrogens with one attached hydrogen (secondary N) is 1. The van der Waals surface area contributed by atoms with E-state index in [9.17, 15) is 4.79 Å². The maximum Gasteiger partial charge on any atom is 0.238 e. The highest BCUT2D eigenvalue weighted by Gasteiger charge is 2.49. The Morgan fingerprint density at radius 1 is 1.38 bits per heavy atom. The largest absolute Gasteiger partial charge is 0.368 e. The predicted molar refractivity (Wildman–Crippen MR) is 87.0 cm³/mol. The maximum atomic E-state index is 12.1. The van der Waals surface area contributed by atoms with Gasteiger partial charge in [-0.25, -0.2) is 0 Å². The predicted octanol–water partition coefficient (Wildman–Crippen LogP) is 2.13. The Kier molecular flexibility index (Phi) is 5.67. The zero-order valence-corrected chi connectivity index (χ0v) is 14.0. The van der Waals surface area contributed by atoms with E-state index in [1.54, 1.807) is 0 Å². The molecule has 0 aromatic heterocycles. The van der Waals surface area contributed by atoms with Crippen LogP contribution in [-0.2, 0) is 4.79 Å². The summed E-state index contributed by atoms with van der Waals surface area (Å²) in [5.74, 6) is 0.986. The van der Waals surface area contributed by atoms with Crippen LogP contribution in [0.3, 0.4) is 0 Å². The Morgan fingerprint density at radius 3 is 2.62 bits per heavy atom. The molecule has 2 aliphatic carbocycles.